The van der Waals surface area contributed by atoms with Gasteiger partial charge in [0, 0.05) is 5.92 Å². The standard InChI is InChI=1S/C17H16O2/c1-19-16(18)17(14-10-6-3-7-11-14)12-15(17)13-8-4-2-5-9-13/h2-11,15H,12H2,1H3/t15-,17-/m0/s1. The number of methoxy groups -OCH3 is 1. The van der Waals surface area contributed by atoms with E-state index in [-0.39, 0.29) is 11.9 Å². The van der Waals surface area contributed by atoms with Crippen LogP contribution in [0, 0.1) is 0 Å². The van der Waals surface area contributed by atoms with Gasteiger partial charge in [-0.2, -0.15) is 0 Å². The minimum absolute atomic E-state index is 0.132. The second-order valence-corrected chi connectivity index (χ2v) is 5.00. The summed E-state index contributed by atoms with van der Waals surface area (Å²) in [6, 6.07) is 20.1. The van der Waals surface area contributed by atoms with E-state index in [1.54, 1.807) is 0 Å². The summed E-state index contributed by atoms with van der Waals surface area (Å²) in [6.07, 6.45) is 0.827. The Labute approximate surface area is 113 Å². The van der Waals surface area contributed by atoms with Crippen LogP contribution in [0.4, 0.5) is 0 Å². The summed E-state index contributed by atoms with van der Waals surface area (Å²) < 4.78 is 5.04. The Morgan fingerprint density at radius 1 is 1.05 bits per heavy atom. The summed E-state index contributed by atoms with van der Waals surface area (Å²) in [5.41, 5.74) is 1.77. The van der Waals surface area contributed by atoms with Crippen LogP contribution >= 0.6 is 0 Å². The molecule has 2 nitrogen and oxygen atoms in total. The molecular formula is C17H16O2. The van der Waals surface area contributed by atoms with Crippen LogP contribution in [0.15, 0.2) is 60.7 Å². The molecule has 0 unspecified atom stereocenters. The quantitative estimate of drug-likeness (QED) is 0.784. The molecule has 1 fully saturated rings. The molecule has 96 valence electrons. The summed E-state index contributed by atoms with van der Waals surface area (Å²) in [5.74, 6) is 0.0936. The van der Waals surface area contributed by atoms with E-state index in [1.807, 2.05) is 48.5 Å². The lowest BCUT2D eigenvalue weighted by molar-refractivity contribution is -0.143. The lowest BCUT2D eigenvalue weighted by Crippen LogP contribution is -2.24. The Kier molecular flexibility index (Phi) is 2.86. The Balaban J connectivity index is 2.01. The maximum atomic E-state index is 12.3. The third kappa shape index (κ3) is 1.84. The van der Waals surface area contributed by atoms with E-state index >= 15 is 0 Å². The van der Waals surface area contributed by atoms with Crippen molar-refractivity contribution in [3.8, 4) is 0 Å². The van der Waals surface area contributed by atoms with Gasteiger partial charge in [-0.3, -0.25) is 4.79 Å². The summed E-state index contributed by atoms with van der Waals surface area (Å²) in [5, 5.41) is 0. The number of esters is 1. The molecule has 0 spiro atoms. The summed E-state index contributed by atoms with van der Waals surface area (Å²) in [7, 11) is 1.47. The van der Waals surface area contributed by atoms with Crippen LogP contribution in [0.3, 0.4) is 0 Å². The van der Waals surface area contributed by atoms with Crippen molar-refractivity contribution in [1.29, 1.82) is 0 Å². The topological polar surface area (TPSA) is 26.3 Å². The molecule has 0 heterocycles. The molecule has 1 aliphatic carbocycles. The summed E-state index contributed by atoms with van der Waals surface area (Å²) in [4.78, 5) is 12.3. The fourth-order valence-electron chi connectivity index (χ4n) is 2.93. The lowest BCUT2D eigenvalue weighted by Gasteiger charge is -2.15. The van der Waals surface area contributed by atoms with E-state index in [2.05, 4.69) is 12.1 Å². The molecule has 3 rings (SSSR count). The summed E-state index contributed by atoms with van der Waals surface area (Å²) >= 11 is 0. The van der Waals surface area contributed by atoms with Crippen LogP contribution in [0.1, 0.15) is 23.5 Å². The highest BCUT2D eigenvalue weighted by Crippen LogP contribution is 2.61. The molecule has 0 N–H and O–H groups in total. The van der Waals surface area contributed by atoms with E-state index in [0.717, 1.165) is 12.0 Å². The molecule has 2 aromatic carbocycles. The molecule has 1 saturated carbocycles. The molecule has 0 aromatic heterocycles. The van der Waals surface area contributed by atoms with Gasteiger partial charge in [0.1, 0.15) is 5.41 Å². The minimum Gasteiger partial charge on any atom is -0.468 e. The molecule has 2 aromatic rings. The van der Waals surface area contributed by atoms with Crippen molar-refractivity contribution < 1.29 is 9.53 Å². The number of carbonyl (C=O) groups is 1. The number of benzene rings is 2. The van der Waals surface area contributed by atoms with Crippen LogP contribution in [-0.2, 0) is 14.9 Å². The van der Waals surface area contributed by atoms with E-state index in [4.69, 9.17) is 4.74 Å². The molecule has 2 heteroatoms. The number of ether oxygens (including phenoxy) is 1. The maximum absolute atomic E-state index is 12.3. The zero-order chi connectivity index (χ0) is 13.3. The first-order valence-corrected chi connectivity index (χ1v) is 6.48. The molecular weight excluding hydrogens is 236 g/mol. The van der Waals surface area contributed by atoms with Gasteiger partial charge < -0.3 is 4.74 Å². The van der Waals surface area contributed by atoms with Gasteiger partial charge >= 0.3 is 5.97 Å². The number of rotatable bonds is 3. The van der Waals surface area contributed by atoms with Gasteiger partial charge in [0.2, 0.25) is 0 Å². The Bertz CT molecular complexity index is 577. The van der Waals surface area contributed by atoms with E-state index in [0.29, 0.717) is 0 Å². The first-order chi connectivity index (χ1) is 9.29. The van der Waals surface area contributed by atoms with Crippen molar-refractivity contribution in [2.24, 2.45) is 0 Å². The highest BCUT2D eigenvalue weighted by atomic mass is 16.5. The van der Waals surface area contributed by atoms with Crippen LogP contribution in [0.5, 0.6) is 0 Å². The molecule has 0 bridgehead atoms. The zero-order valence-electron chi connectivity index (χ0n) is 10.9. The molecule has 2 atom stereocenters. The molecule has 0 aliphatic heterocycles. The van der Waals surface area contributed by atoms with Gasteiger partial charge in [0.05, 0.1) is 7.11 Å². The van der Waals surface area contributed by atoms with Crippen molar-refractivity contribution in [3.63, 3.8) is 0 Å². The van der Waals surface area contributed by atoms with Gasteiger partial charge in [0.15, 0.2) is 0 Å². The highest BCUT2D eigenvalue weighted by molar-refractivity contribution is 5.89. The molecule has 19 heavy (non-hydrogen) atoms. The third-order valence-corrected chi connectivity index (χ3v) is 4.00. The van der Waals surface area contributed by atoms with Crippen molar-refractivity contribution in [2.75, 3.05) is 7.11 Å². The number of hydrogen-bond donors (Lipinski definition) is 0. The molecule has 1 aliphatic rings. The van der Waals surface area contributed by atoms with Crippen molar-refractivity contribution >= 4 is 5.97 Å². The predicted molar refractivity (Wildman–Crippen MR) is 73.9 cm³/mol. The van der Waals surface area contributed by atoms with Gasteiger partial charge in [-0.1, -0.05) is 60.7 Å². The van der Waals surface area contributed by atoms with Crippen molar-refractivity contribution in [3.05, 3.63) is 71.8 Å². The lowest BCUT2D eigenvalue weighted by atomic mass is 9.91. The van der Waals surface area contributed by atoms with Gasteiger partial charge in [-0.05, 0) is 17.5 Å². The van der Waals surface area contributed by atoms with Gasteiger partial charge in [-0.25, -0.2) is 0 Å². The zero-order valence-corrected chi connectivity index (χ0v) is 10.9. The highest BCUT2D eigenvalue weighted by Gasteiger charge is 2.62. The molecule has 0 amide bonds. The second-order valence-electron chi connectivity index (χ2n) is 5.00. The van der Waals surface area contributed by atoms with Crippen LogP contribution in [0.2, 0.25) is 0 Å². The number of carbonyl (C=O) groups excluding carboxylic acids is 1. The van der Waals surface area contributed by atoms with Crippen LogP contribution in [0.25, 0.3) is 0 Å². The maximum Gasteiger partial charge on any atom is 0.316 e. The van der Waals surface area contributed by atoms with E-state index in [1.165, 1.54) is 12.7 Å². The second kappa shape index (κ2) is 4.54. The Morgan fingerprint density at radius 3 is 2.21 bits per heavy atom. The summed E-state index contributed by atoms with van der Waals surface area (Å²) in [6.45, 7) is 0. The van der Waals surface area contributed by atoms with Crippen LogP contribution in [-0.4, -0.2) is 13.1 Å². The third-order valence-electron chi connectivity index (χ3n) is 4.00. The molecule has 0 radical (unpaired) electrons. The first kappa shape index (κ1) is 12.0. The average molecular weight is 252 g/mol. The van der Waals surface area contributed by atoms with Gasteiger partial charge in [-0.15, -0.1) is 0 Å². The molecule has 0 saturated heterocycles. The Hall–Kier alpha value is -2.09. The largest absolute Gasteiger partial charge is 0.468 e. The predicted octanol–water partition coefficient (Wildman–Crippen LogP) is 3.28. The first-order valence-electron chi connectivity index (χ1n) is 6.48. The van der Waals surface area contributed by atoms with Gasteiger partial charge in [0.25, 0.3) is 0 Å². The van der Waals surface area contributed by atoms with Crippen LogP contribution < -0.4 is 0 Å². The SMILES string of the molecule is COC(=O)[C@]1(c2ccccc2)C[C@H]1c1ccccc1. The Morgan fingerprint density at radius 2 is 1.63 bits per heavy atom. The number of hydrogen-bond acceptors (Lipinski definition) is 2. The monoisotopic (exact) mass is 252 g/mol. The fourth-order valence-corrected chi connectivity index (χ4v) is 2.93. The van der Waals surface area contributed by atoms with Crippen molar-refractivity contribution in [1.82, 2.24) is 0 Å². The van der Waals surface area contributed by atoms with E-state index in [9.17, 15) is 4.79 Å². The minimum atomic E-state index is -0.489. The fraction of sp³-hybridized carbons (Fsp3) is 0.235. The van der Waals surface area contributed by atoms with Crippen molar-refractivity contribution in [2.45, 2.75) is 17.8 Å². The van der Waals surface area contributed by atoms with E-state index < -0.39 is 5.41 Å². The smallest absolute Gasteiger partial charge is 0.316 e. The normalized spacial score (nSPS) is 24.8. The average Bonchev–Trinajstić information content (AvgIpc) is 3.25.